The molecule has 9 heteroatoms. The number of hydrogen-bond acceptors (Lipinski definition) is 5. The minimum absolute atomic E-state index is 0.101. The molecule has 1 aliphatic rings. The van der Waals surface area contributed by atoms with Crippen molar-refractivity contribution in [3.05, 3.63) is 26.9 Å². The smallest absolute Gasteiger partial charge is 0.180 e. The van der Waals surface area contributed by atoms with Gasteiger partial charge < -0.3 is 20.1 Å². The van der Waals surface area contributed by atoms with Crippen LogP contribution in [-0.4, -0.2) is 49.8 Å². The average molecular weight is 398 g/mol. The van der Waals surface area contributed by atoms with Crippen molar-refractivity contribution in [2.75, 3.05) is 6.61 Å². The second kappa shape index (κ2) is 5.66. The Morgan fingerprint density at radius 2 is 1.86 bits per heavy atom. The maximum atomic E-state index is 10.1. The lowest BCUT2D eigenvalue weighted by molar-refractivity contribution is -0.210. The Balaban J connectivity index is 2.12. The fraction of sp³-hybridized carbons (Fsp3) is 0.417. The van der Waals surface area contributed by atoms with E-state index in [1.807, 2.05) is 0 Å². The molecule has 0 aliphatic carbocycles. The van der Waals surface area contributed by atoms with Gasteiger partial charge in [0.25, 0.3) is 0 Å². The molecule has 6 nitrogen and oxygen atoms in total. The maximum absolute atomic E-state index is 10.1. The molecule has 0 saturated carbocycles. The Kier molecular flexibility index (Phi) is 4.17. The van der Waals surface area contributed by atoms with Crippen LogP contribution >= 0.6 is 39.1 Å². The zero-order valence-corrected chi connectivity index (χ0v) is 13.5. The molecule has 3 rings (SSSR count). The third-order valence-electron chi connectivity index (χ3n) is 3.42. The standard InChI is InChI=1S/C12H11BrCl2N2O4/c13-12-16-6-1-4(14)5(15)2-7(6)17(12)11-10(20)9(19)8(18)3-21-11/h1-2,8-11,18-20H,3H2/t8-,9+,10+,11+/m1/s1. The van der Waals surface area contributed by atoms with Crippen molar-refractivity contribution in [2.45, 2.75) is 24.5 Å². The van der Waals surface area contributed by atoms with E-state index < -0.39 is 24.5 Å². The highest BCUT2D eigenvalue weighted by atomic mass is 79.9. The van der Waals surface area contributed by atoms with Crippen molar-refractivity contribution in [3.8, 4) is 0 Å². The lowest BCUT2D eigenvalue weighted by atomic mass is 10.0. The molecule has 0 spiro atoms. The number of benzene rings is 1. The van der Waals surface area contributed by atoms with E-state index in [0.717, 1.165) is 0 Å². The SMILES string of the molecule is O[C@@H]1[C@H](O)[C@@H](n2c(Br)nc3cc(Cl)c(Cl)cc32)OC[C@H]1O. The number of aliphatic hydroxyl groups is 3. The summed E-state index contributed by atoms with van der Waals surface area (Å²) in [5.41, 5.74) is 1.15. The van der Waals surface area contributed by atoms with Gasteiger partial charge in [-0.05, 0) is 28.1 Å². The highest BCUT2D eigenvalue weighted by Gasteiger charge is 2.39. The monoisotopic (exact) mass is 396 g/mol. The molecule has 21 heavy (non-hydrogen) atoms. The number of nitrogens with zero attached hydrogens (tertiary/aromatic N) is 2. The molecule has 0 bridgehead atoms. The summed E-state index contributed by atoms with van der Waals surface area (Å²) >= 11 is 15.3. The summed E-state index contributed by atoms with van der Waals surface area (Å²) in [5, 5.41) is 30.1. The number of ether oxygens (including phenoxy) is 1. The minimum Gasteiger partial charge on any atom is -0.388 e. The Morgan fingerprint density at radius 3 is 2.57 bits per heavy atom. The van der Waals surface area contributed by atoms with E-state index in [1.54, 1.807) is 16.7 Å². The van der Waals surface area contributed by atoms with Crippen LogP contribution in [0.25, 0.3) is 11.0 Å². The average Bonchev–Trinajstić information content (AvgIpc) is 2.73. The number of hydrogen-bond donors (Lipinski definition) is 3. The number of halogens is 3. The van der Waals surface area contributed by atoms with E-state index in [2.05, 4.69) is 20.9 Å². The Morgan fingerprint density at radius 1 is 1.19 bits per heavy atom. The summed E-state index contributed by atoms with van der Waals surface area (Å²) in [4.78, 5) is 4.27. The predicted octanol–water partition coefficient (Wildman–Crippen LogP) is 1.72. The van der Waals surface area contributed by atoms with Gasteiger partial charge in [0, 0.05) is 0 Å². The number of aromatic nitrogens is 2. The van der Waals surface area contributed by atoms with Crippen LogP contribution in [0.4, 0.5) is 0 Å². The number of aliphatic hydroxyl groups excluding tert-OH is 3. The summed E-state index contributed by atoms with van der Waals surface area (Å²) in [6.07, 6.45) is -4.66. The molecule has 1 saturated heterocycles. The molecular weight excluding hydrogens is 387 g/mol. The molecule has 1 aromatic heterocycles. The number of rotatable bonds is 1. The van der Waals surface area contributed by atoms with Crippen molar-refractivity contribution < 1.29 is 20.1 Å². The van der Waals surface area contributed by atoms with Crippen LogP contribution in [0.3, 0.4) is 0 Å². The van der Waals surface area contributed by atoms with Gasteiger partial charge in [0.1, 0.15) is 18.3 Å². The second-order valence-corrected chi connectivity index (χ2v) is 6.30. The van der Waals surface area contributed by atoms with Crippen LogP contribution in [-0.2, 0) is 4.74 Å². The van der Waals surface area contributed by atoms with Gasteiger partial charge in [0.2, 0.25) is 0 Å². The first-order valence-electron chi connectivity index (χ1n) is 6.08. The van der Waals surface area contributed by atoms with Crippen LogP contribution in [0, 0.1) is 0 Å². The van der Waals surface area contributed by atoms with Crippen LogP contribution in [0.2, 0.25) is 10.0 Å². The molecule has 1 aromatic carbocycles. The molecule has 2 heterocycles. The zero-order chi connectivity index (χ0) is 15.3. The van der Waals surface area contributed by atoms with Crippen molar-refractivity contribution in [1.29, 1.82) is 0 Å². The summed E-state index contributed by atoms with van der Waals surface area (Å²) < 4.78 is 7.38. The largest absolute Gasteiger partial charge is 0.388 e. The number of imidazole rings is 1. The molecule has 4 atom stereocenters. The van der Waals surface area contributed by atoms with E-state index in [1.165, 1.54) is 0 Å². The van der Waals surface area contributed by atoms with Gasteiger partial charge in [-0.2, -0.15) is 0 Å². The van der Waals surface area contributed by atoms with Gasteiger partial charge in [-0.25, -0.2) is 4.98 Å². The molecule has 0 unspecified atom stereocenters. The van der Waals surface area contributed by atoms with E-state index >= 15 is 0 Å². The van der Waals surface area contributed by atoms with Crippen LogP contribution in [0.1, 0.15) is 6.23 Å². The lowest BCUT2D eigenvalue weighted by Gasteiger charge is -2.36. The lowest BCUT2D eigenvalue weighted by Crippen LogP contribution is -2.50. The quantitative estimate of drug-likeness (QED) is 0.681. The highest BCUT2D eigenvalue weighted by molar-refractivity contribution is 9.10. The van der Waals surface area contributed by atoms with Crippen molar-refractivity contribution in [2.24, 2.45) is 0 Å². The Bertz CT molecular complexity index is 695. The maximum Gasteiger partial charge on any atom is 0.180 e. The van der Waals surface area contributed by atoms with Gasteiger partial charge in [0.05, 0.1) is 27.7 Å². The van der Waals surface area contributed by atoms with E-state index in [0.29, 0.717) is 25.8 Å². The van der Waals surface area contributed by atoms with Crippen LogP contribution < -0.4 is 0 Å². The molecule has 1 aliphatic heterocycles. The van der Waals surface area contributed by atoms with Gasteiger partial charge >= 0.3 is 0 Å². The van der Waals surface area contributed by atoms with Crippen LogP contribution in [0.15, 0.2) is 16.9 Å². The van der Waals surface area contributed by atoms with Gasteiger partial charge in [0.15, 0.2) is 11.0 Å². The second-order valence-electron chi connectivity index (χ2n) is 4.78. The molecule has 0 amide bonds. The van der Waals surface area contributed by atoms with Gasteiger partial charge in [-0.15, -0.1) is 0 Å². The van der Waals surface area contributed by atoms with Gasteiger partial charge in [-0.1, -0.05) is 23.2 Å². The molecule has 3 N–H and O–H groups in total. The third kappa shape index (κ3) is 2.57. The highest BCUT2D eigenvalue weighted by Crippen LogP contribution is 2.35. The molecule has 0 radical (unpaired) electrons. The van der Waals surface area contributed by atoms with E-state index in [-0.39, 0.29) is 6.61 Å². The van der Waals surface area contributed by atoms with Crippen molar-refractivity contribution in [1.82, 2.24) is 9.55 Å². The summed E-state index contributed by atoms with van der Waals surface area (Å²) in [7, 11) is 0. The van der Waals surface area contributed by atoms with E-state index in [9.17, 15) is 15.3 Å². The Hall–Kier alpha value is -0.410. The fourth-order valence-electron chi connectivity index (χ4n) is 2.32. The summed E-state index contributed by atoms with van der Waals surface area (Å²) in [6.45, 7) is -0.101. The van der Waals surface area contributed by atoms with Crippen LogP contribution in [0.5, 0.6) is 0 Å². The molecular formula is C12H11BrCl2N2O4. The summed E-state index contributed by atoms with van der Waals surface area (Å²) in [5.74, 6) is 0. The molecule has 114 valence electrons. The fourth-order valence-corrected chi connectivity index (χ4v) is 3.22. The third-order valence-corrected chi connectivity index (χ3v) is 4.70. The normalized spacial score (nSPS) is 30.0. The van der Waals surface area contributed by atoms with Gasteiger partial charge in [-0.3, -0.25) is 4.57 Å². The minimum atomic E-state index is -1.31. The predicted molar refractivity (Wildman–Crippen MR) is 80.5 cm³/mol. The van der Waals surface area contributed by atoms with E-state index in [4.69, 9.17) is 27.9 Å². The van der Waals surface area contributed by atoms with Crippen molar-refractivity contribution in [3.63, 3.8) is 0 Å². The first-order chi connectivity index (χ1) is 9.90. The number of fused-ring (bicyclic) bond motifs is 1. The summed E-state index contributed by atoms with van der Waals surface area (Å²) in [6, 6.07) is 3.20. The molecule has 1 fully saturated rings. The Labute approximate surface area is 138 Å². The first-order valence-corrected chi connectivity index (χ1v) is 7.63. The topological polar surface area (TPSA) is 87.7 Å². The zero-order valence-electron chi connectivity index (χ0n) is 10.4. The van der Waals surface area contributed by atoms with Crippen molar-refractivity contribution >= 4 is 50.2 Å². The first kappa shape index (κ1) is 15.5. The molecule has 2 aromatic rings.